The number of nitrogens with one attached hydrogen (secondary N) is 1. The van der Waals surface area contributed by atoms with Crippen LogP contribution in [0.15, 0.2) is 33.2 Å². The Kier molecular flexibility index (Phi) is 4.44. The molecule has 3 atom stereocenters. The fraction of sp³-hybridized carbons (Fsp3) is 0.500. The van der Waals surface area contributed by atoms with E-state index in [1.165, 1.54) is 0 Å². The molecule has 1 aromatic rings. The van der Waals surface area contributed by atoms with E-state index in [1.54, 1.807) is 25.4 Å². The Labute approximate surface area is 147 Å². The Morgan fingerprint density at radius 3 is 2.88 bits per heavy atom. The summed E-state index contributed by atoms with van der Waals surface area (Å²) in [6, 6.07) is 5.16. The zero-order valence-corrected chi connectivity index (χ0v) is 15.2. The maximum absolute atomic E-state index is 12.7. The predicted molar refractivity (Wildman–Crippen MR) is 96.8 cm³/mol. The highest BCUT2D eigenvalue weighted by molar-refractivity contribution is 7.91. The van der Waals surface area contributed by atoms with Crippen molar-refractivity contribution in [3.8, 4) is 0 Å². The van der Waals surface area contributed by atoms with Crippen LogP contribution in [-0.2, 0) is 15.3 Å². The molecule has 0 saturated carbocycles. The summed E-state index contributed by atoms with van der Waals surface area (Å²) in [4.78, 5) is 4.35. The zero-order valence-electron chi connectivity index (χ0n) is 13.7. The highest BCUT2D eigenvalue weighted by Crippen LogP contribution is 2.48. The summed E-state index contributed by atoms with van der Waals surface area (Å²) in [5.74, 6) is 5.61. The summed E-state index contributed by atoms with van der Waals surface area (Å²) < 4.78 is 25.4. The molecule has 2 aliphatic heterocycles. The Hall–Kier alpha value is -1.44. The molecule has 1 fully saturated rings. The van der Waals surface area contributed by atoms with Crippen LogP contribution in [0.4, 0.5) is 0 Å². The van der Waals surface area contributed by atoms with Gasteiger partial charge >= 0.3 is 0 Å². The van der Waals surface area contributed by atoms with E-state index < -0.39 is 15.3 Å². The van der Waals surface area contributed by atoms with E-state index in [2.05, 4.69) is 15.4 Å². The zero-order chi connectivity index (χ0) is 17.5. The van der Waals surface area contributed by atoms with Gasteiger partial charge in [0, 0.05) is 29.7 Å². The van der Waals surface area contributed by atoms with Crippen LogP contribution in [0, 0.1) is 0 Å². The first-order chi connectivity index (χ1) is 11.3. The topological polar surface area (TPSA) is 96.9 Å². The van der Waals surface area contributed by atoms with Gasteiger partial charge in [-0.05, 0) is 37.5 Å². The molecule has 130 valence electrons. The molecule has 0 aromatic heterocycles. The molecule has 2 heterocycles. The van der Waals surface area contributed by atoms with Gasteiger partial charge in [-0.1, -0.05) is 17.7 Å². The second kappa shape index (κ2) is 6.13. The van der Waals surface area contributed by atoms with Crippen molar-refractivity contribution < 1.29 is 8.42 Å². The van der Waals surface area contributed by atoms with Crippen molar-refractivity contribution >= 4 is 33.4 Å². The number of sulfone groups is 1. The van der Waals surface area contributed by atoms with Gasteiger partial charge < -0.3 is 11.2 Å². The number of rotatable bonds is 2. The van der Waals surface area contributed by atoms with Gasteiger partial charge in [-0.15, -0.1) is 0 Å². The second-order valence-corrected chi connectivity index (χ2v) is 9.04. The minimum Gasteiger partial charge on any atom is -0.323 e. The van der Waals surface area contributed by atoms with E-state index in [0.29, 0.717) is 22.1 Å². The number of aliphatic imine (C=N–C) groups is 1. The number of hydrazone groups is 1. The third kappa shape index (κ3) is 2.85. The van der Waals surface area contributed by atoms with Gasteiger partial charge in [0.15, 0.2) is 9.84 Å². The van der Waals surface area contributed by atoms with Crippen LogP contribution in [0.3, 0.4) is 0 Å². The first-order valence-corrected chi connectivity index (χ1v) is 9.83. The van der Waals surface area contributed by atoms with Gasteiger partial charge in [0.1, 0.15) is 0 Å². The van der Waals surface area contributed by atoms with Crippen molar-refractivity contribution in [1.29, 1.82) is 0 Å². The molecule has 1 aromatic carbocycles. The molecule has 0 amide bonds. The Balaban J connectivity index is 2.08. The van der Waals surface area contributed by atoms with E-state index in [0.717, 1.165) is 12.0 Å². The van der Waals surface area contributed by atoms with Crippen LogP contribution in [0.25, 0.3) is 0 Å². The van der Waals surface area contributed by atoms with Gasteiger partial charge in [-0.3, -0.25) is 4.99 Å². The van der Waals surface area contributed by atoms with Crippen LogP contribution in [0.1, 0.15) is 25.3 Å². The van der Waals surface area contributed by atoms with Gasteiger partial charge in [-0.25, -0.2) is 8.42 Å². The minimum absolute atomic E-state index is 0.0965. The summed E-state index contributed by atoms with van der Waals surface area (Å²) >= 11 is 6.02. The number of nitrogens with zero attached hydrogens (tertiary/aromatic N) is 2. The SMILES string of the molecule is CN=C/C(=N\N)[C@@H]1CC2(C[C@H](C)N1)CS(=O)(=O)c1cc(Cl)ccc12. The quantitative estimate of drug-likeness (QED) is 0.470. The lowest BCUT2D eigenvalue weighted by Crippen LogP contribution is -2.55. The molecule has 2 aliphatic rings. The maximum Gasteiger partial charge on any atom is 0.179 e. The largest absolute Gasteiger partial charge is 0.323 e. The lowest BCUT2D eigenvalue weighted by atomic mass is 9.70. The van der Waals surface area contributed by atoms with Crippen molar-refractivity contribution in [3.63, 3.8) is 0 Å². The van der Waals surface area contributed by atoms with Gasteiger partial charge in [0.25, 0.3) is 0 Å². The van der Waals surface area contributed by atoms with Crippen LogP contribution >= 0.6 is 11.6 Å². The molecule has 0 bridgehead atoms. The molecule has 0 aliphatic carbocycles. The molecule has 3 N–H and O–H groups in total. The summed E-state index contributed by atoms with van der Waals surface area (Å²) in [7, 11) is -1.69. The monoisotopic (exact) mass is 368 g/mol. The van der Waals surface area contributed by atoms with Crippen molar-refractivity contribution in [2.45, 2.75) is 42.2 Å². The van der Waals surface area contributed by atoms with E-state index in [9.17, 15) is 8.42 Å². The molecule has 1 unspecified atom stereocenters. The third-order valence-electron chi connectivity index (χ3n) is 4.86. The number of hydrogen-bond donors (Lipinski definition) is 2. The Morgan fingerprint density at radius 2 is 2.21 bits per heavy atom. The molecule has 24 heavy (non-hydrogen) atoms. The third-order valence-corrected chi connectivity index (χ3v) is 7.04. The number of fused-ring (bicyclic) bond motifs is 2. The van der Waals surface area contributed by atoms with Crippen LogP contribution < -0.4 is 11.2 Å². The highest BCUT2D eigenvalue weighted by atomic mass is 35.5. The number of halogens is 1. The van der Waals surface area contributed by atoms with Crippen LogP contribution in [-0.4, -0.2) is 45.2 Å². The van der Waals surface area contributed by atoms with Gasteiger partial charge in [0.2, 0.25) is 0 Å². The molecule has 1 spiro atoms. The molecule has 3 rings (SSSR count). The van der Waals surface area contributed by atoms with Crippen molar-refractivity contribution in [3.05, 3.63) is 28.8 Å². The maximum atomic E-state index is 12.7. The Bertz CT molecular complexity index is 821. The number of hydrogen-bond acceptors (Lipinski definition) is 6. The highest BCUT2D eigenvalue weighted by Gasteiger charge is 2.51. The minimum atomic E-state index is -3.34. The van der Waals surface area contributed by atoms with Crippen molar-refractivity contribution in [2.75, 3.05) is 12.8 Å². The predicted octanol–water partition coefficient (Wildman–Crippen LogP) is 1.52. The van der Waals surface area contributed by atoms with Crippen LogP contribution in [0.2, 0.25) is 5.02 Å². The lowest BCUT2D eigenvalue weighted by molar-refractivity contribution is 0.264. The van der Waals surface area contributed by atoms with Gasteiger partial charge in [0.05, 0.1) is 22.4 Å². The van der Waals surface area contributed by atoms with E-state index in [4.69, 9.17) is 17.4 Å². The van der Waals surface area contributed by atoms with Crippen molar-refractivity contribution in [2.24, 2.45) is 15.9 Å². The van der Waals surface area contributed by atoms with Gasteiger partial charge in [-0.2, -0.15) is 5.10 Å². The fourth-order valence-corrected chi connectivity index (χ4v) is 6.54. The summed E-state index contributed by atoms with van der Waals surface area (Å²) in [5, 5.41) is 7.72. The Morgan fingerprint density at radius 1 is 1.46 bits per heavy atom. The standard InChI is InChI=1S/C16H21ClN4O2S/c1-10-6-16(7-13(20-10)14(21-18)8-19-2)9-24(22,23)15-5-11(17)3-4-12(15)16/h3-5,8,10,13,20H,6-7,9,18H2,1-2H3/b19-8?,21-14+/t10-,13-,16?/m0/s1. The van der Waals surface area contributed by atoms with E-state index in [-0.39, 0.29) is 17.8 Å². The fourth-order valence-electron chi connectivity index (χ4n) is 4.11. The smallest absolute Gasteiger partial charge is 0.179 e. The average molecular weight is 369 g/mol. The average Bonchev–Trinajstić information content (AvgIpc) is 2.70. The van der Waals surface area contributed by atoms with Crippen molar-refractivity contribution in [1.82, 2.24) is 5.32 Å². The number of piperidine rings is 1. The second-order valence-electron chi connectivity index (χ2n) is 6.65. The molecule has 8 heteroatoms. The number of nitrogens with two attached hydrogens (primary N) is 1. The first-order valence-electron chi connectivity index (χ1n) is 7.80. The van der Waals surface area contributed by atoms with E-state index in [1.807, 2.05) is 13.0 Å². The first kappa shape index (κ1) is 17.4. The normalized spacial score (nSPS) is 32.4. The summed E-state index contributed by atoms with van der Waals surface area (Å²) in [5.41, 5.74) is 1.03. The molecule has 1 saturated heterocycles. The molecule has 0 radical (unpaired) electrons. The van der Waals surface area contributed by atoms with Crippen LogP contribution in [0.5, 0.6) is 0 Å². The lowest BCUT2D eigenvalue weighted by Gasteiger charge is -2.42. The molecular formula is C16H21ClN4O2S. The summed E-state index contributed by atoms with van der Waals surface area (Å²) in [6.45, 7) is 2.05. The van der Waals surface area contributed by atoms with E-state index >= 15 is 0 Å². The number of benzene rings is 1. The molecule has 6 nitrogen and oxygen atoms in total. The molecular weight excluding hydrogens is 348 g/mol. The summed E-state index contributed by atoms with van der Waals surface area (Å²) in [6.07, 6.45) is 2.96.